The van der Waals surface area contributed by atoms with Gasteiger partial charge in [-0.3, -0.25) is 9.48 Å². The molecular formula is C21H31N5O2S. The van der Waals surface area contributed by atoms with E-state index in [0.29, 0.717) is 32.2 Å². The maximum Gasteiger partial charge on any atom is 0.257 e. The second-order valence-electron chi connectivity index (χ2n) is 9.00. The highest BCUT2D eigenvalue weighted by Crippen LogP contribution is 2.27. The Morgan fingerprint density at radius 1 is 1.28 bits per heavy atom. The molecule has 2 aliphatic heterocycles. The summed E-state index contributed by atoms with van der Waals surface area (Å²) in [6.45, 7) is 11.8. The minimum absolute atomic E-state index is 0.0996. The zero-order valence-electron chi connectivity index (χ0n) is 17.6. The summed E-state index contributed by atoms with van der Waals surface area (Å²) in [6.07, 6.45) is 5.73. The van der Waals surface area contributed by atoms with Gasteiger partial charge in [0.25, 0.3) is 5.91 Å². The average molecular weight is 418 g/mol. The van der Waals surface area contributed by atoms with Crippen molar-refractivity contribution in [3.05, 3.63) is 33.5 Å². The normalized spacial score (nSPS) is 20.0. The first-order valence-corrected chi connectivity index (χ1v) is 11.3. The summed E-state index contributed by atoms with van der Waals surface area (Å²) in [5, 5.41) is 9.25. The number of fused-ring (bicyclic) bond motifs is 1. The van der Waals surface area contributed by atoms with Gasteiger partial charge in [-0.2, -0.15) is 5.10 Å². The lowest BCUT2D eigenvalue weighted by atomic mass is 9.94. The van der Waals surface area contributed by atoms with Crippen LogP contribution in [0.4, 0.5) is 0 Å². The number of ether oxygens (including phenoxy) is 1. The molecule has 0 saturated carbocycles. The van der Waals surface area contributed by atoms with Gasteiger partial charge in [0, 0.05) is 42.7 Å². The third-order valence-electron chi connectivity index (χ3n) is 5.64. The number of aromatic nitrogens is 3. The van der Waals surface area contributed by atoms with Crippen molar-refractivity contribution >= 4 is 17.2 Å². The largest absolute Gasteiger partial charge is 0.378 e. The van der Waals surface area contributed by atoms with Crippen LogP contribution in [0.15, 0.2) is 12.4 Å². The minimum atomic E-state index is 0.0996. The SMILES string of the molecule is CC(C)(C)c1ncc(CNCC2CCn3ncc(C(=O)N4CCOCC4)c3C2)s1. The van der Waals surface area contributed by atoms with Gasteiger partial charge in [0.2, 0.25) is 0 Å². The number of hydrogen-bond donors (Lipinski definition) is 1. The van der Waals surface area contributed by atoms with Gasteiger partial charge < -0.3 is 15.0 Å². The Hall–Kier alpha value is -1.77. The van der Waals surface area contributed by atoms with Crippen molar-refractivity contribution in [2.24, 2.45) is 5.92 Å². The molecule has 4 heterocycles. The third kappa shape index (κ3) is 4.70. The Bertz CT molecular complexity index is 848. The number of thiazole rings is 1. The fourth-order valence-corrected chi connectivity index (χ4v) is 4.86. The second-order valence-corrected chi connectivity index (χ2v) is 10.1. The van der Waals surface area contributed by atoms with Gasteiger partial charge >= 0.3 is 0 Å². The van der Waals surface area contributed by atoms with Crippen LogP contribution in [0.2, 0.25) is 0 Å². The van der Waals surface area contributed by atoms with E-state index in [1.807, 2.05) is 15.8 Å². The molecular weight excluding hydrogens is 386 g/mol. The monoisotopic (exact) mass is 417 g/mol. The first kappa shape index (κ1) is 20.5. The fraction of sp³-hybridized carbons (Fsp3) is 0.667. The van der Waals surface area contributed by atoms with Crippen LogP contribution in [0.25, 0.3) is 0 Å². The molecule has 2 aromatic rings. The second kappa shape index (κ2) is 8.53. The maximum atomic E-state index is 12.9. The minimum Gasteiger partial charge on any atom is -0.378 e. The van der Waals surface area contributed by atoms with Crippen LogP contribution < -0.4 is 5.32 Å². The number of nitrogens with zero attached hydrogens (tertiary/aromatic N) is 4. The average Bonchev–Trinajstić information content (AvgIpc) is 3.35. The summed E-state index contributed by atoms with van der Waals surface area (Å²) in [7, 11) is 0. The molecule has 0 bridgehead atoms. The van der Waals surface area contributed by atoms with E-state index in [-0.39, 0.29) is 11.3 Å². The molecule has 8 heteroatoms. The van der Waals surface area contributed by atoms with E-state index in [9.17, 15) is 4.79 Å². The summed E-state index contributed by atoms with van der Waals surface area (Å²) in [5.41, 5.74) is 1.97. The molecule has 1 N–H and O–H groups in total. The predicted molar refractivity (Wildman–Crippen MR) is 113 cm³/mol. The van der Waals surface area contributed by atoms with E-state index in [1.54, 1.807) is 17.5 Å². The molecule has 1 amide bonds. The van der Waals surface area contributed by atoms with E-state index >= 15 is 0 Å². The quantitative estimate of drug-likeness (QED) is 0.809. The van der Waals surface area contributed by atoms with Crippen LogP contribution in [0.3, 0.4) is 0 Å². The molecule has 2 aromatic heterocycles. The third-order valence-corrected chi connectivity index (χ3v) is 7.06. The van der Waals surface area contributed by atoms with E-state index in [0.717, 1.165) is 43.7 Å². The van der Waals surface area contributed by atoms with Crippen LogP contribution in [0.5, 0.6) is 0 Å². The Morgan fingerprint density at radius 2 is 2.07 bits per heavy atom. The molecule has 29 heavy (non-hydrogen) atoms. The molecule has 4 rings (SSSR count). The summed E-state index contributed by atoms with van der Waals surface area (Å²) in [4.78, 5) is 20.7. The summed E-state index contributed by atoms with van der Waals surface area (Å²) in [5.74, 6) is 0.618. The molecule has 1 fully saturated rings. The Balaban J connectivity index is 1.33. The van der Waals surface area contributed by atoms with Crippen molar-refractivity contribution in [1.29, 1.82) is 0 Å². The Kier molecular flexibility index (Phi) is 6.03. The standard InChI is InChI=1S/C21H31N5O2S/c1-21(2,3)20-23-13-16(29-20)12-22-11-15-4-5-26-18(10-15)17(14-24-26)19(27)25-6-8-28-9-7-25/h13-15,22H,4-12H2,1-3H3. The topological polar surface area (TPSA) is 72.3 Å². The van der Waals surface area contributed by atoms with Crippen LogP contribution in [0.1, 0.15) is 53.1 Å². The van der Waals surface area contributed by atoms with Crippen molar-refractivity contribution in [2.75, 3.05) is 32.8 Å². The molecule has 7 nitrogen and oxygen atoms in total. The number of aryl methyl sites for hydroxylation is 1. The van der Waals surface area contributed by atoms with Gasteiger partial charge in [-0.25, -0.2) is 4.98 Å². The number of amides is 1. The van der Waals surface area contributed by atoms with Crippen LogP contribution >= 0.6 is 11.3 Å². The lowest BCUT2D eigenvalue weighted by molar-refractivity contribution is 0.0301. The molecule has 0 radical (unpaired) electrons. The Morgan fingerprint density at radius 3 is 2.79 bits per heavy atom. The molecule has 0 aromatic carbocycles. The van der Waals surface area contributed by atoms with Gasteiger partial charge in [0.05, 0.1) is 35.7 Å². The van der Waals surface area contributed by atoms with Crippen molar-refractivity contribution in [3.8, 4) is 0 Å². The number of carbonyl (C=O) groups is 1. The van der Waals surface area contributed by atoms with Gasteiger partial charge in [0.15, 0.2) is 0 Å². The molecule has 0 spiro atoms. The van der Waals surface area contributed by atoms with E-state index in [4.69, 9.17) is 4.74 Å². The van der Waals surface area contributed by atoms with Gasteiger partial charge in [-0.05, 0) is 25.3 Å². The Labute approximate surface area is 176 Å². The smallest absolute Gasteiger partial charge is 0.257 e. The van der Waals surface area contributed by atoms with E-state index in [1.165, 1.54) is 9.88 Å². The van der Waals surface area contributed by atoms with Crippen LogP contribution in [-0.2, 0) is 29.7 Å². The molecule has 158 valence electrons. The number of morpholine rings is 1. The van der Waals surface area contributed by atoms with Crippen molar-refractivity contribution < 1.29 is 9.53 Å². The number of carbonyl (C=O) groups excluding carboxylic acids is 1. The van der Waals surface area contributed by atoms with Crippen molar-refractivity contribution in [3.63, 3.8) is 0 Å². The highest BCUT2D eigenvalue weighted by atomic mass is 32.1. The maximum absolute atomic E-state index is 12.9. The number of nitrogens with one attached hydrogen (secondary N) is 1. The summed E-state index contributed by atoms with van der Waals surface area (Å²) >= 11 is 1.79. The first-order valence-electron chi connectivity index (χ1n) is 10.5. The van der Waals surface area contributed by atoms with Gasteiger partial charge in [0.1, 0.15) is 0 Å². The molecule has 1 saturated heterocycles. The van der Waals surface area contributed by atoms with E-state index < -0.39 is 0 Å². The molecule has 1 atom stereocenters. The van der Waals surface area contributed by atoms with Gasteiger partial charge in [-0.15, -0.1) is 11.3 Å². The zero-order valence-corrected chi connectivity index (χ0v) is 18.4. The fourth-order valence-electron chi connectivity index (χ4n) is 3.92. The molecule has 0 aliphatic carbocycles. The first-order chi connectivity index (χ1) is 13.9. The summed E-state index contributed by atoms with van der Waals surface area (Å²) in [6, 6.07) is 0. The van der Waals surface area contributed by atoms with E-state index in [2.05, 4.69) is 36.2 Å². The highest BCUT2D eigenvalue weighted by molar-refractivity contribution is 7.11. The van der Waals surface area contributed by atoms with Gasteiger partial charge in [-0.1, -0.05) is 20.8 Å². The van der Waals surface area contributed by atoms with Crippen LogP contribution in [0, 0.1) is 5.92 Å². The molecule has 1 unspecified atom stereocenters. The van der Waals surface area contributed by atoms with Crippen molar-refractivity contribution in [1.82, 2.24) is 25.0 Å². The highest BCUT2D eigenvalue weighted by Gasteiger charge is 2.28. The summed E-state index contributed by atoms with van der Waals surface area (Å²) < 4.78 is 7.39. The molecule has 2 aliphatic rings. The predicted octanol–water partition coefficient (Wildman–Crippen LogP) is 2.46. The van der Waals surface area contributed by atoms with Crippen molar-refractivity contribution in [2.45, 2.75) is 52.1 Å². The van der Waals surface area contributed by atoms with Crippen LogP contribution in [-0.4, -0.2) is 58.4 Å². The lowest BCUT2D eigenvalue weighted by Gasteiger charge is -2.28. The number of hydrogen-bond acceptors (Lipinski definition) is 6. The zero-order chi connectivity index (χ0) is 20.4. The number of rotatable bonds is 5. The lowest BCUT2D eigenvalue weighted by Crippen LogP contribution is -2.41.